The average molecular weight is 310 g/mol. The molecular weight excluding hydrogens is 284 g/mol. The van der Waals surface area contributed by atoms with E-state index in [1.165, 1.54) is 7.11 Å². The van der Waals surface area contributed by atoms with E-state index >= 15 is 0 Å². The summed E-state index contributed by atoms with van der Waals surface area (Å²) in [4.78, 5) is 33.3. The molecule has 0 aliphatic heterocycles. The van der Waals surface area contributed by atoms with Crippen molar-refractivity contribution in [1.29, 1.82) is 0 Å². The van der Waals surface area contributed by atoms with Crippen LogP contribution in [0.3, 0.4) is 0 Å². The lowest BCUT2D eigenvalue weighted by Crippen LogP contribution is -2.51. The summed E-state index contributed by atoms with van der Waals surface area (Å²) in [6, 6.07) is -0.616. The van der Waals surface area contributed by atoms with Gasteiger partial charge < -0.3 is 19.9 Å². The Hall–Kier alpha value is -2.05. The summed E-state index contributed by atoms with van der Waals surface area (Å²) < 4.78 is 4.60. The van der Waals surface area contributed by atoms with Crippen LogP contribution in [0.2, 0.25) is 0 Å². The first-order chi connectivity index (χ1) is 10.4. The van der Waals surface area contributed by atoms with Crippen molar-refractivity contribution in [3.05, 3.63) is 17.7 Å². The van der Waals surface area contributed by atoms with Crippen LogP contribution in [0.5, 0.6) is 0 Å². The zero-order valence-corrected chi connectivity index (χ0v) is 14.0. The van der Waals surface area contributed by atoms with Crippen LogP contribution in [0.4, 0.5) is 4.79 Å². The lowest BCUT2D eigenvalue weighted by atomic mass is 10.0. The molecule has 1 aromatic rings. The van der Waals surface area contributed by atoms with Crippen molar-refractivity contribution in [2.24, 2.45) is 5.92 Å². The Balaban J connectivity index is 2.86. The number of hydrogen-bond acceptors (Lipinski definition) is 4. The van der Waals surface area contributed by atoms with Gasteiger partial charge in [-0.15, -0.1) is 0 Å². The molecule has 2 amide bonds. The van der Waals surface area contributed by atoms with Gasteiger partial charge in [0.1, 0.15) is 11.9 Å². The summed E-state index contributed by atoms with van der Waals surface area (Å²) in [7, 11) is 1.28. The number of aromatic nitrogens is 2. The normalized spacial score (nSPS) is 12.1. The molecule has 0 radical (unpaired) electrons. The van der Waals surface area contributed by atoms with Crippen LogP contribution < -0.4 is 5.32 Å². The molecule has 0 bridgehead atoms. The van der Waals surface area contributed by atoms with Crippen LogP contribution in [0.25, 0.3) is 0 Å². The third kappa shape index (κ3) is 5.05. The van der Waals surface area contributed by atoms with E-state index in [0.29, 0.717) is 13.1 Å². The number of imidazole rings is 1. The van der Waals surface area contributed by atoms with Gasteiger partial charge in [0, 0.05) is 18.4 Å². The van der Waals surface area contributed by atoms with Crippen molar-refractivity contribution in [3.63, 3.8) is 0 Å². The lowest BCUT2D eigenvalue weighted by Gasteiger charge is -2.28. The van der Waals surface area contributed by atoms with E-state index in [0.717, 1.165) is 17.9 Å². The zero-order chi connectivity index (χ0) is 16.7. The minimum atomic E-state index is -0.616. The second-order valence-electron chi connectivity index (χ2n) is 5.63. The SMILES string of the molecule is CCCN(Cc1ncc(C)[nH]1)C(=O)C(NC(=O)OC)C(C)C. The number of alkyl carbamates (subject to hydrolysis) is 1. The summed E-state index contributed by atoms with van der Waals surface area (Å²) in [5, 5.41) is 2.61. The summed E-state index contributed by atoms with van der Waals surface area (Å²) in [6.45, 7) is 8.70. The van der Waals surface area contributed by atoms with Crippen LogP contribution in [-0.4, -0.2) is 46.6 Å². The van der Waals surface area contributed by atoms with E-state index in [1.807, 2.05) is 27.7 Å². The number of methoxy groups -OCH3 is 1. The minimum absolute atomic E-state index is 0.0377. The van der Waals surface area contributed by atoms with Gasteiger partial charge in [-0.2, -0.15) is 0 Å². The van der Waals surface area contributed by atoms with Crippen molar-refractivity contribution in [2.45, 2.75) is 46.7 Å². The Labute approximate surface area is 131 Å². The van der Waals surface area contributed by atoms with Gasteiger partial charge in [0.25, 0.3) is 0 Å². The molecule has 0 aliphatic rings. The highest BCUT2D eigenvalue weighted by Gasteiger charge is 2.29. The standard InChI is InChI=1S/C15H26N4O3/c1-6-7-19(9-12-16-8-11(4)17-12)14(20)13(10(2)3)18-15(21)22-5/h8,10,13H,6-7,9H2,1-5H3,(H,16,17)(H,18,21). The van der Waals surface area contributed by atoms with Crippen molar-refractivity contribution in [1.82, 2.24) is 20.2 Å². The van der Waals surface area contributed by atoms with Gasteiger partial charge in [0.15, 0.2) is 0 Å². The van der Waals surface area contributed by atoms with Crippen LogP contribution in [0.1, 0.15) is 38.7 Å². The highest BCUT2D eigenvalue weighted by atomic mass is 16.5. The van der Waals surface area contributed by atoms with Crippen molar-refractivity contribution >= 4 is 12.0 Å². The summed E-state index contributed by atoms with van der Waals surface area (Å²) >= 11 is 0. The van der Waals surface area contributed by atoms with Crippen molar-refractivity contribution in [2.75, 3.05) is 13.7 Å². The lowest BCUT2D eigenvalue weighted by molar-refractivity contribution is -0.135. The molecule has 1 atom stereocenters. The minimum Gasteiger partial charge on any atom is -0.453 e. The Bertz CT molecular complexity index is 499. The third-order valence-corrected chi connectivity index (χ3v) is 3.29. The van der Waals surface area contributed by atoms with E-state index in [4.69, 9.17) is 0 Å². The van der Waals surface area contributed by atoms with Crippen LogP contribution in [-0.2, 0) is 16.1 Å². The average Bonchev–Trinajstić information content (AvgIpc) is 2.88. The molecule has 0 saturated heterocycles. The zero-order valence-electron chi connectivity index (χ0n) is 14.0. The largest absolute Gasteiger partial charge is 0.453 e. The fraction of sp³-hybridized carbons (Fsp3) is 0.667. The fourth-order valence-electron chi connectivity index (χ4n) is 2.16. The van der Waals surface area contributed by atoms with Gasteiger partial charge in [-0.1, -0.05) is 20.8 Å². The van der Waals surface area contributed by atoms with Crippen LogP contribution in [0, 0.1) is 12.8 Å². The fourth-order valence-corrected chi connectivity index (χ4v) is 2.16. The molecule has 0 aliphatic carbocycles. The first-order valence-corrected chi connectivity index (χ1v) is 7.52. The molecule has 22 heavy (non-hydrogen) atoms. The molecule has 1 unspecified atom stereocenters. The highest BCUT2D eigenvalue weighted by Crippen LogP contribution is 2.10. The second kappa shape index (κ2) is 8.41. The number of nitrogens with one attached hydrogen (secondary N) is 2. The predicted molar refractivity (Wildman–Crippen MR) is 83.2 cm³/mol. The Kier molecular flexibility index (Phi) is 6.88. The summed E-state index contributed by atoms with van der Waals surface area (Å²) in [5.74, 6) is 0.570. The number of carbonyl (C=O) groups excluding carboxylic acids is 2. The van der Waals surface area contributed by atoms with E-state index in [1.54, 1.807) is 11.1 Å². The van der Waals surface area contributed by atoms with Gasteiger partial charge in [-0.25, -0.2) is 9.78 Å². The van der Waals surface area contributed by atoms with Crippen LogP contribution in [0.15, 0.2) is 6.20 Å². The van der Waals surface area contributed by atoms with Gasteiger partial charge in [-0.3, -0.25) is 4.79 Å². The maximum atomic E-state index is 12.8. The number of nitrogens with zero attached hydrogens (tertiary/aromatic N) is 2. The molecule has 124 valence electrons. The molecule has 7 heteroatoms. The Morgan fingerprint density at radius 1 is 1.45 bits per heavy atom. The Morgan fingerprint density at radius 3 is 2.59 bits per heavy atom. The van der Waals surface area contributed by atoms with E-state index in [2.05, 4.69) is 20.0 Å². The third-order valence-electron chi connectivity index (χ3n) is 3.29. The molecule has 0 spiro atoms. The van der Waals surface area contributed by atoms with Gasteiger partial charge in [0.2, 0.25) is 5.91 Å². The highest BCUT2D eigenvalue weighted by molar-refractivity contribution is 5.85. The number of aromatic amines is 1. The van der Waals surface area contributed by atoms with Gasteiger partial charge in [-0.05, 0) is 19.3 Å². The monoisotopic (exact) mass is 310 g/mol. The smallest absolute Gasteiger partial charge is 0.407 e. The first-order valence-electron chi connectivity index (χ1n) is 7.52. The molecular formula is C15H26N4O3. The van der Waals surface area contributed by atoms with Crippen molar-refractivity contribution < 1.29 is 14.3 Å². The number of H-pyrrole nitrogens is 1. The maximum Gasteiger partial charge on any atom is 0.407 e. The topological polar surface area (TPSA) is 87.3 Å². The van der Waals surface area contributed by atoms with Gasteiger partial charge >= 0.3 is 6.09 Å². The number of rotatable bonds is 7. The van der Waals surface area contributed by atoms with Crippen molar-refractivity contribution in [3.8, 4) is 0 Å². The molecule has 0 fully saturated rings. The quantitative estimate of drug-likeness (QED) is 0.804. The Morgan fingerprint density at radius 2 is 2.14 bits per heavy atom. The first kappa shape index (κ1) is 18.0. The number of ether oxygens (including phenoxy) is 1. The molecule has 1 heterocycles. The number of carbonyl (C=O) groups is 2. The molecule has 7 nitrogen and oxygen atoms in total. The molecule has 2 N–H and O–H groups in total. The second-order valence-corrected chi connectivity index (χ2v) is 5.63. The summed E-state index contributed by atoms with van der Waals surface area (Å²) in [6.07, 6.45) is 1.96. The van der Waals surface area contributed by atoms with E-state index in [9.17, 15) is 9.59 Å². The molecule has 1 aromatic heterocycles. The maximum absolute atomic E-state index is 12.8. The van der Waals surface area contributed by atoms with Gasteiger partial charge in [0.05, 0.1) is 13.7 Å². The predicted octanol–water partition coefficient (Wildman–Crippen LogP) is 1.84. The number of hydrogen-bond donors (Lipinski definition) is 2. The number of aryl methyl sites for hydroxylation is 1. The van der Waals surface area contributed by atoms with E-state index < -0.39 is 12.1 Å². The number of amides is 2. The van der Waals surface area contributed by atoms with E-state index in [-0.39, 0.29) is 11.8 Å². The molecule has 1 rings (SSSR count). The molecule has 0 aromatic carbocycles. The molecule has 0 saturated carbocycles. The van der Waals surface area contributed by atoms with Crippen LogP contribution >= 0.6 is 0 Å². The summed E-state index contributed by atoms with van der Waals surface area (Å²) in [5.41, 5.74) is 0.951.